The van der Waals surface area contributed by atoms with Crippen LogP contribution in [0.4, 0.5) is 0 Å². The quantitative estimate of drug-likeness (QED) is 0.618. The number of fused-ring (bicyclic) bond motifs is 1. The second-order valence-electron chi connectivity index (χ2n) is 7.11. The number of thiazole rings is 1. The molecule has 29 heavy (non-hydrogen) atoms. The van der Waals surface area contributed by atoms with Crippen LogP contribution in [0.25, 0.3) is 20.1 Å². The highest BCUT2D eigenvalue weighted by Gasteiger charge is 2.28. The van der Waals surface area contributed by atoms with Gasteiger partial charge >= 0.3 is 0 Å². The largest absolute Gasteiger partial charge is 0.349 e. The van der Waals surface area contributed by atoms with Crippen molar-refractivity contribution in [2.75, 3.05) is 18.8 Å². The lowest BCUT2D eigenvalue weighted by Crippen LogP contribution is -2.46. The number of piperidine rings is 1. The van der Waals surface area contributed by atoms with Crippen molar-refractivity contribution in [3.63, 3.8) is 0 Å². The molecule has 1 aliphatic heterocycles. The van der Waals surface area contributed by atoms with Gasteiger partial charge in [0.2, 0.25) is 10.0 Å². The Morgan fingerprint density at radius 1 is 1.17 bits per heavy atom. The first kappa shape index (κ1) is 20.5. The summed E-state index contributed by atoms with van der Waals surface area (Å²) in [7, 11) is -3.16. The molecule has 4 rings (SSSR count). The van der Waals surface area contributed by atoms with Crippen LogP contribution < -0.4 is 5.32 Å². The number of aromatic nitrogens is 1. The van der Waals surface area contributed by atoms with Gasteiger partial charge < -0.3 is 5.32 Å². The van der Waals surface area contributed by atoms with E-state index in [1.165, 1.54) is 11.3 Å². The van der Waals surface area contributed by atoms with Crippen molar-refractivity contribution in [2.45, 2.75) is 32.2 Å². The fourth-order valence-corrected chi connectivity index (χ4v) is 6.95. The number of nitrogens with one attached hydrogen (secondary N) is 1. The van der Waals surface area contributed by atoms with E-state index >= 15 is 0 Å². The van der Waals surface area contributed by atoms with E-state index in [1.54, 1.807) is 15.6 Å². The van der Waals surface area contributed by atoms with Crippen LogP contribution in [-0.2, 0) is 10.0 Å². The molecule has 3 aromatic rings. The van der Waals surface area contributed by atoms with E-state index in [1.807, 2.05) is 43.3 Å². The molecule has 0 saturated carbocycles. The van der Waals surface area contributed by atoms with Gasteiger partial charge in [-0.2, -0.15) is 0 Å². The van der Waals surface area contributed by atoms with Gasteiger partial charge in [0.25, 0.3) is 5.91 Å². The number of benzene rings is 1. The predicted octanol–water partition coefficient (Wildman–Crippen LogP) is 3.96. The SMILES string of the molecule is CCCS(=O)(=O)N1CCC(NC(=O)c2ccc(-c3nc4ccccc4s3)s2)CC1. The Hall–Kier alpha value is -1.81. The normalized spacial score (nSPS) is 16.3. The van der Waals surface area contributed by atoms with Gasteiger partial charge in [0.15, 0.2) is 0 Å². The summed E-state index contributed by atoms with van der Waals surface area (Å²) in [5.41, 5.74) is 0.969. The highest BCUT2D eigenvalue weighted by molar-refractivity contribution is 7.89. The molecule has 3 heterocycles. The maximum atomic E-state index is 12.7. The molecule has 0 radical (unpaired) electrons. The number of hydrogen-bond donors (Lipinski definition) is 1. The van der Waals surface area contributed by atoms with Gasteiger partial charge in [0, 0.05) is 19.1 Å². The first-order valence-corrected chi connectivity index (χ1v) is 12.9. The summed E-state index contributed by atoms with van der Waals surface area (Å²) < 4.78 is 27.0. The molecule has 0 spiro atoms. The van der Waals surface area contributed by atoms with E-state index in [0.717, 1.165) is 20.1 Å². The molecule has 6 nitrogen and oxygen atoms in total. The van der Waals surface area contributed by atoms with Crippen molar-refractivity contribution >= 4 is 48.8 Å². The van der Waals surface area contributed by atoms with Crippen LogP contribution in [0.5, 0.6) is 0 Å². The molecule has 1 fully saturated rings. The van der Waals surface area contributed by atoms with Crippen LogP contribution in [0.1, 0.15) is 35.9 Å². The Kier molecular flexibility index (Phi) is 6.00. The van der Waals surface area contributed by atoms with Gasteiger partial charge in [-0.15, -0.1) is 22.7 Å². The van der Waals surface area contributed by atoms with E-state index in [0.29, 0.717) is 37.2 Å². The van der Waals surface area contributed by atoms with Gasteiger partial charge in [0.05, 0.1) is 25.7 Å². The number of hydrogen-bond acceptors (Lipinski definition) is 6. The zero-order valence-electron chi connectivity index (χ0n) is 16.1. The van der Waals surface area contributed by atoms with E-state index in [4.69, 9.17) is 0 Å². The van der Waals surface area contributed by atoms with Gasteiger partial charge in [-0.3, -0.25) is 4.79 Å². The standard InChI is InChI=1S/C20H23N3O3S3/c1-2-13-29(25,26)23-11-9-14(10-12-23)21-19(24)17-7-8-18(27-17)20-22-15-5-3-4-6-16(15)28-20/h3-8,14H,2,9-13H2,1H3,(H,21,24). The number of carbonyl (C=O) groups excluding carboxylic acids is 1. The lowest BCUT2D eigenvalue weighted by molar-refractivity contribution is 0.0928. The zero-order valence-corrected chi connectivity index (χ0v) is 18.6. The molecular formula is C20H23N3O3S3. The Morgan fingerprint density at radius 2 is 1.93 bits per heavy atom. The minimum absolute atomic E-state index is 0.00331. The maximum Gasteiger partial charge on any atom is 0.261 e. The first-order chi connectivity index (χ1) is 14.0. The van der Waals surface area contributed by atoms with E-state index in [9.17, 15) is 13.2 Å². The van der Waals surface area contributed by atoms with E-state index in [2.05, 4.69) is 10.3 Å². The third kappa shape index (κ3) is 4.53. The average molecular weight is 450 g/mol. The predicted molar refractivity (Wildman–Crippen MR) is 119 cm³/mol. The van der Waals surface area contributed by atoms with Crippen LogP contribution >= 0.6 is 22.7 Å². The molecule has 1 amide bonds. The summed E-state index contributed by atoms with van der Waals surface area (Å²) in [6, 6.07) is 11.8. The van der Waals surface area contributed by atoms with Crippen LogP contribution in [0.3, 0.4) is 0 Å². The highest BCUT2D eigenvalue weighted by Crippen LogP contribution is 2.34. The molecule has 154 valence electrons. The molecule has 0 unspecified atom stereocenters. The molecule has 0 aliphatic carbocycles. The molecule has 2 aromatic heterocycles. The third-order valence-electron chi connectivity index (χ3n) is 4.98. The first-order valence-electron chi connectivity index (χ1n) is 9.71. The molecule has 1 aromatic carbocycles. The van der Waals surface area contributed by atoms with Crippen LogP contribution in [-0.4, -0.2) is 48.5 Å². The Morgan fingerprint density at radius 3 is 2.66 bits per heavy atom. The molecule has 9 heteroatoms. The third-order valence-corrected chi connectivity index (χ3v) is 9.34. The van der Waals surface area contributed by atoms with Crippen LogP contribution in [0.15, 0.2) is 36.4 Å². The summed E-state index contributed by atoms with van der Waals surface area (Å²) >= 11 is 3.06. The van der Waals surface area contributed by atoms with Gasteiger partial charge in [-0.1, -0.05) is 19.1 Å². The van der Waals surface area contributed by atoms with Crippen molar-refractivity contribution < 1.29 is 13.2 Å². The molecule has 1 saturated heterocycles. The summed E-state index contributed by atoms with van der Waals surface area (Å²) in [4.78, 5) is 18.9. The summed E-state index contributed by atoms with van der Waals surface area (Å²) in [6.07, 6.45) is 1.91. The summed E-state index contributed by atoms with van der Waals surface area (Å²) in [5, 5.41) is 3.98. The molecule has 1 N–H and O–H groups in total. The highest BCUT2D eigenvalue weighted by atomic mass is 32.2. The van der Waals surface area contributed by atoms with Gasteiger partial charge in [0.1, 0.15) is 5.01 Å². The lowest BCUT2D eigenvalue weighted by atomic mass is 10.1. The van der Waals surface area contributed by atoms with E-state index < -0.39 is 10.0 Å². The molecule has 0 atom stereocenters. The van der Waals surface area contributed by atoms with Crippen LogP contribution in [0.2, 0.25) is 0 Å². The Balaban J connectivity index is 1.38. The second-order valence-corrected chi connectivity index (χ2v) is 11.3. The maximum absolute atomic E-state index is 12.7. The van der Waals surface area contributed by atoms with E-state index in [-0.39, 0.29) is 17.7 Å². The lowest BCUT2D eigenvalue weighted by Gasteiger charge is -2.31. The average Bonchev–Trinajstić information content (AvgIpc) is 3.35. The number of thiophene rings is 1. The number of nitrogens with zero attached hydrogens (tertiary/aromatic N) is 2. The molecule has 0 bridgehead atoms. The monoisotopic (exact) mass is 449 g/mol. The number of sulfonamides is 1. The van der Waals surface area contributed by atoms with Crippen molar-refractivity contribution in [3.8, 4) is 9.88 Å². The number of para-hydroxylation sites is 1. The zero-order chi connectivity index (χ0) is 20.4. The molecule has 1 aliphatic rings. The van der Waals surface area contributed by atoms with Crippen molar-refractivity contribution in [3.05, 3.63) is 41.3 Å². The minimum atomic E-state index is -3.16. The Labute approximate surface area is 178 Å². The second kappa shape index (κ2) is 8.51. The number of carbonyl (C=O) groups is 1. The smallest absolute Gasteiger partial charge is 0.261 e. The Bertz CT molecular complexity index is 1080. The topological polar surface area (TPSA) is 79.4 Å². The summed E-state index contributed by atoms with van der Waals surface area (Å²) in [5.74, 6) is 0.0885. The van der Waals surface area contributed by atoms with Gasteiger partial charge in [-0.25, -0.2) is 17.7 Å². The summed E-state index contributed by atoms with van der Waals surface area (Å²) in [6.45, 7) is 2.80. The van der Waals surface area contributed by atoms with Crippen LogP contribution in [0, 0.1) is 0 Å². The molecular weight excluding hydrogens is 426 g/mol. The minimum Gasteiger partial charge on any atom is -0.349 e. The van der Waals surface area contributed by atoms with Gasteiger partial charge in [-0.05, 0) is 43.5 Å². The van der Waals surface area contributed by atoms with Crippen molar-refractivity contribution in [1.82, 2.24) is 14.6 Å². The number of rotatable bonds is 6. The number of amides is 1. The fourth-order valence-electron chi connectivity index (χ4n) is 3.47. The van der Waals surface area contributed by atoms with Crippen molar-refractivity contribution in [2.24, 2.45) is 0 Å². The fraction of sp³-hybridized carbons (Fsp3) is 0.400. The van der Waals surface area contributed by atoms with Crippen molar-refractivity contribution in [1.29, 1.82) is 0 Å².